The maximum absolute atomic E-state index is 12.9. The van der Waals surface area contributed by atoms with Crippen molar-refractivity contribution in [1.29, 1.82) is 0 Å². The van der Waals surface area contributed by atoms with Crippen LogP contribution >= 0.6 is 0 Å². The first-order chi connectivity index (χ1) is 10.8. The second-order valence-electron chi connectivity index (χ2n) is 6.35. The summed E-state index contributed by atoms with van der Waals surface area (Å²) in [5.41, 5.74) is 1.33. The van der Waals surface area contributed by atoms with Gasteiger partial charge in [0.2, 0.25) is 5.91 Å². The number of carbonyl (C=O) groups excluding carboxylic acids is 1. The van der Waals surface area contributed by atoms with E-state index >= 15 is 0 Å². The van der Waals surface area contributed by atoms with E-state index in [2.05, 4.69) is 54.4 Å². The summed E-state index contributed by atoms with van der Waals surface area (Å²) in [6, 6.07) is 10.9. The van der Waals surface area contributed by atoms with Gasteiger partial charge in [-0.15, -0.1) is 0 Å². The fourth-order valence-corrected chi connectivity index (χ4v) is 3.40. The summed E-state index contributed by atoms with van der Waals surface area (Å²) in [7, 11) is 0. The van der Waals surface area contributed by atoms with Crippen LogP contribution in [0.25, 0.3) is 0 Å². The lowest BCUT2D eigenvalue weighted by molar-refractivity contribution is -0.137. The van der Waals surface area contributed by atoms with Crippen molar-refractivity contribution in [3.05, 3.63) is 35.9 Å². The Bertz CT molecular complexity index is 440. The molecule has 0 spiro atoms. The average Bonchev–Trinajstić information content (AvgIpc) is 3.07. The topological polar surface area (TPSA) is 32.3 Å². The maximum atomic E-state index is 12.9. The van der Waals surface area contributed by atoms with Crippen molar-refractivity contribution in [2.45, 2.75) is 52.0 Å². The molecule has 2 atom stereocenters. The molecule has 1 fully saturated rings. The first kappa shape index (κ1) is 17.0. The van der Waals surface area contributed by atoms with Crippen LogP contribution in [0.1, 0.15) is 45.1 Å². The molecule has 1 aromatic rings. The zero-order chi connectivity index (χ0) is 15.8. The quantitative estimate of drug-likeness (QED) is 0.799. The highest BCUT2D eigenvalue weighted by atomic mass is 16.2. The summed E-state index contributed by atoms with van der Waals surface area (Å²) in [6.07, 6.45) is 5.19. The number of rotatable bonds is 8. The van der Waals surface area contributed by atoms with E-state index in [1.165, 1.54) is 5.56 Å². The Hall–Kier alpha value is -1.35. The van der Waals surface area contributed by atoms with Crippen molar-refractivity contribution < 1.29 is 4.79 Å². The van der Waals surface area contributed by atoms with Crippen LogP contribution in [0, 0.1) is 5.92 Å². The van der Waals surface area contributed by atoms with Crippen molar-refractivity contribution in [3.63, 3.8) is 0 Å². The second-order valence-corrected chi connectivity index (χ2v) is 6.35. The van der Waals surface area contributed by atoms with E-state index in [4.69, 9.17) is 0 Å². The Kier molecular flexibility index (Phi) is 6.91. The van der Waals surface area contributed by atoms with E-state index < -0.39 is 0 Å². The van der Waals surface area contributed by atoms with E-state index in [0.717, 1.165) is 51.7 Å². The van der Waals surface area contributed by atoms with E-state index in [1.807, 2.05) is 0 Å². The molecule has 0 bridgehead atoms. The predicted octanol–water partition coefficient (Wildman–Crippen LogP) is 3.25. The fourth-order valence-electron chi connectivity index (χ4n) is 3.40. The minimum absolute atomic E-state index is 0.182. The number of amides is 1. The fraction of sp³-hybridized carbons (Fsp3) is 0.632. The molecule has 122 valence electrons. The van der Waals surface area contributed by atoms with Crippen LogP contribution in [0.15, 0.2) is 30.3 Å². The summed E-state index contributed by atoms with van der Waals surface area (Å²) in [4.78, 5) is 15.1. The van der Waals surface area contributed by atoms with Crippen LogP contribution in [0.4, 0.5) is 0 Å². The maximum Gasteiger partial charge on any atom is 0.227 e. The Balaban J connectivity index is 2.11. The van der Waals surface area contributed by atoms with Gasteiger partial charge in [0, 0.05) is 19.1 Å². The van der Waals surface area contributed by atoms with Gasteiger partial charge >= 0.3 is 0 Å². The molecule has 0 radical (unpaired) electrons. The summed E-state index contributed by atoms with van der Waals surface area (Å²) in [6.45, 7) is 7.09. The van der Waals surface area contributed by atoms with Gasteiger partial charge in [0.1, 0.15) is 0 Å². The van der Waals surface area contributed by atoms with Gasteiger partial charge in [-0.25, -0.2) is 0 Å². The van der Waals surface area contributed by atoms with Gasteiger partial charge in [-0.1, -0.05) is 50.6 Å². The Morgan fingerprint density at radius 2 is 2.05 bits per heavy atom. The molecule has 1 N–H and O–H groups in total. The Labute approximate surface area is 135 Å². The molecule has 2 rings (SSSR count). The molecule has 2 unspecified atom stereocenters. The molecule has 1 heterocycles. The first-order valence-corrected chi connectivity index (χ1v) is 8.81. The van der Waals surface area contributed by atoms with Crippen molar-refractivity contribution in [1.82, 2.24) is 10.2 Å². The molecular weight excluding hydrogens is 272 g/mol. The standard InChI is InChI=1S/C19H30N2O/c1-3-8-18(14-16-9-6-5-7-10-16)21(13-4-2)19(22)17-11-12-20-15-17/h5-7,9-10,17-18,20H,3-4,8,11-15H2,1-2H3. The summed E-state index contributed by atoms with van der Waals surface area (Å²) >= 11 is 0. The van der Waals surface area contributed by atoms with E-state index in [-0.39, 0.29) is 5.92 Å². The molecular formula is C19H30N2O. The van der Waals surface area contributed by atoms with Gasteiger partial charge in [0.05, 0.1) is 5.92 Å². The molecule has 22 heavy (non-hydrogen) atoms. The minimum atomic E-state index is 0.182. The van der Waals surface area contributed by atoms with Crippen LogP contribution in [0.3, 0.4) is 0 Å². The molecule has 0 aromatic heterocycles. The highest BCUT2D eigenvalue weighted by Crippen LogP contribution is 2.20. The number of benzene rings is 1. The third-order valence-corrected chi connectivity index (χ3v) is 4.53. The SMILES string of the molecule is CCCC(Cc1ccccc1)N(CCC)C(=O)C1CCNC1. The summed E-state index contributed by atoms with van der Waals surface area (Å²) in [5.74, 6) is 0.544. The van der Waals surface area contributed by atoms with Gasteiger partial charge < -0.3 is 10.2 Å². The first-order valence-electron chi connectivity index (χ1n) is 8.81. The van der Waals surface area contributed by atoms with Crippen molar-refractivity contribution in [3.8, 4) is 0 Å². The lowest BCUT2D eigenvalue weighted by atomic mass is 9.98. The van der Waals surface area contributed by atoms with Crippen LogP contribution < -0.4 is 5.32 Å². The number of hydrogen-bond acceptors (Lipinski definition) is 2. The molecule has 3 nitrogen and oxygen atoms in total. The molecule has 1 aliphatic rings. The normalized spacial score (nSPS) is 19.1. The molecule has 1 aliphatic heterocycles. The molecule has 1 amide bonds. The molecule has 1 aromatic carbocycles. The van der Waals surface area contributed by atoms with E-state index in [1.54, 1.807) is 0 Å². The lowest BCUT2D eigenvalue weighted by Crippen LogP contribution is -2.45. The van der Waals surface area contributed by atoms with Crippen molar-refractivity contribution in [2.75, 3.05) is 19.6 Å². The van der Waals surface area contributed by atoms with Gasteiger partial charge in [-0.05, 0) is 37.8 Å². The second kappa shape index (κ2) is 8.94. The van der Waals surface area contributed by atoms with Crippen LogP contribution in [-0.2, 0) is 11.2 Å². The molecule has 3 heteroatoms. The van der Waals surface area contributed by atoms with Crippen LogP contribution in [0.5, 0.6) is 0 Å². The average molecular weight is 302 g/mol. The number of hydrogen-bond donors (Lipinski definition) is 1. The highest BCUT2D eigenvalue weighted by Gasteiger charge is 2.30. The zero-order valence-corrected chi connectivity index (χ0v) is 14.1. The summed E-state index contributed by atoms with van der Waals surface area (Å²) in [5, 5.41) is 3.32. The van der Waals surface area contributed by atoms with Gasteiger partial charge in [0.15, 0.2) is 0 Å². The Morgan fingerprint density at radius 1 is 1.27 bits per heavy atom. The smallest absolute Gasteiger partial charge is 0.227 e. The number of nitrogens with one attached hydrogen (secondary N) is 1. The van der Waals surface area contributed by atoms with Crippen LogP contribution in [0.2, 0.25) is 0 Å². The van der Waals surface area contributed by atoms with Gasteiger partial charge in [0.25, 0.3) is 0 Å². The van der Waals surface area contributed by atoms with Crippen LogP contribution in [-0.4, -0.2) is 36.5 Å². The number of carbonyl (C=O) groups is 1. The molecule has 0 saturated carbocycles. The van der Waals surface area contributed by atoms with Crippen molar-refractivity contribution in [2.24, 2.45) is 5.92 Å². The lowest BCUT2D eigenvalue weighted by Gasteiger charge is -2.33. The zero-order valence-electron chi connectivity index (χ0n) is 14.1. The third-order valence-electron chi connectivity index (χ3n) is 4.53. The number of nitrogens with zero attached hydrogens (tertiary/aromatic N) is 1. The Morgan fingerprint density at radius 3 is 2.64 bits per heavy atom. The van der Waals surface area contributed by atoms with E-state index in [0.29, 0.717) is 11.9 Å². The highest BCUT2D eigenvalue weighted by molar-refractivity contribution is 5.79. The van der Waals surface area contributed by atoms with E-state index in [9.17, 15) is 4.79 Å². The molecule has 0 aliphatic carbocycles. The molecule has 1 saturated heterocycles. The van der Waals surface area contributed by atoms with Crippen molar-refractivity contribution >= 4 is 5.91 Å². The third kappa shape index (κ3) is 4.57. The summed E-state index contributed by atoms with van der Waals surface area (Å²) < 4.78 is 0. The minimum Gasteiger partial charge on any atom is -0.339 e. The predicted molar refractivity (Wildman–Crippen MR) is 91.8 cm³/mol. The largest absolute Gasteiger partial charge is 0.339 e. The van der Waals surface area contributed by atoms with Gasteiger partial charge in [-0.2, -0.15) is 0 Å². The van der Waals surface area contributed by atoms with Gasteiger partial charge in [-0.3, -0.25) is 4.79 Å². The monoisotopic (exact) mass is 302 g/mol.